The Morgan fingerprint density at radius 3 is 2.72 bits per heavy atom. The zero-order valence-corrected chi connectivity index (χ0v) is 19.1. The summed E-state index contributed by atoms with van der Waals surface area (Å²) < 4.78 is 20.6. The highest BCUT2D eigenvalue weighted by Crippen LogP contribution is 2.34. The van der Waals surface area contributed by atoms with Crippen LogP contribution in [-0.4, -0.2) is 28.2 Å². The van der Waals surface area contributed by atoms with Gasteiger partial charge in [-0.3, -0.25) is 9.51 Å². The van der Waals surface area contributed by atoms with Crippen LogP contribution in [0.3, 0.4) is 0 Å². The van der Waals surface area contributed by atoms with Crippen molar-refractivity contribution in [3.05, 3.63) is 47.3 Å². The van der Waals surface area contributed by atoms with Crippen LogP contribution in [0.5, 0.6) is 17.2 Å². The van der Waals surface area contributed by atoms with Crippen molar-refractivity contribution in [3.63, 3.8) is 0 Å². The minimum Gasteiger partial charge on any atom is -0.575 e. The number of nitrogens with zero attached hydrogens (tertiary/aromatic N) is 2. The summed E-state index contributed by atoms with van der Waals surface area (Å²) in [4.78, 5) is 28.7. The van der Waals surface area contributed by atoms with Gasteiger partial charge in [0.2, 0.25) is 5.75 Å². The zero-order chi connectivity index (χ0) is 23.1. The molecule has 0 amide bonds. The van der Waals surface area contributed by atoms with E-state index in [2.05, 4.69) is 9.73 Å². The van der Waals surface area contributed by atoms with Crippen molar-refractivity contribution >= 4 is 14.1 Å². The molecule has 1 aliphatic carbocycles. The number of ether oxygens (including phenoxy) is 2. The Labute approximate surface area is 188 Å². The minimum atomic E-state index is -2.52. The summed E-state index contributed by atoms with van der Waals surface area (Å²) in [6.45, 7) is 3.42. The van der Waals surface area contributed by atoms with Gasteiger partial charge in [-0.15, -0.1) is 0 Å². The molecule has 2 aromatic rings. The molecule has 0 spiro atoms. The molecule has 1 saturated carbocycles. The number of esters is 1. The van der Waals surface area contributed by atoms with Gasteiger partial charge in [0.15, 0.2) is 11.8 Å². The molecular weight excluding hydrogens is 433 g/mol. The Morgan fingerprint density at radius 2 is 2.03 bits per heavy atom. The monoisotopic (exact) mass is 461 g/mol. The molecule has 3 N–H and O–H groups in total. The number of nitrogens with two attached hydrogens (primary N) is 1. The average molecular weight is 461 g/mol. The van der Waals surface area contributed by atoms with Crippen molar-refractivity contribution in [2.45, 2.75) is 64.8 Å². The van der Waals surface area contributed by atoms with Crippen LogP contribution in [0, 0.1) is 6.92 Å². The standard InChI is InChI=1S/C22H28N3O6P/c1-14-21(26)18(11-23)16(12-24-14)13-29-19-9-5-6-10-20(19)31-32(28)25-15(2)22(27)30-17-7-3-4-8-17/h5-6,9-10,12,15,17,26H,3-4,7-8,11,13,23H2,1-2H3/t15-/m0/s1. The van der Waals surface area contributed by atoms with Crippen LogP contribution in [-0.2, 0) is 22.7 Å². The smallest absolute Gasteiger partial charge is 0.395 e. The van der Waals surface area contributed by atoms with E-state index in [9.17, 15) is 14.8 Å². The predicted molar refractivity (Wildman–Crippen MR) is 117 cm³/mol. The molecular formula is C22H28N3O6P. The third-order valence-electron chi connectivity index (χ3n) is 5.24. The van der Waals surface area contributed by atoms with Crippen LogP contribution >= 0.6 is 8.17 Å². The minimum absolute atomic E-state index is 0.0403. The van der Waals surface area contributed by atoms with Crippen molar-refractivity contribution in [1.29, 1.82) is 0 Å². The molecule has 3 rings (SSSR count). The van der Waals surface area contributed by atoms with Gasteiger partial charge >= 0.3 is 14.1 Å². The Kier molecular flexibility index (Phi) is 8.39. The number of carbonyl (C=O) groups excluding carboxylic acids is 1. The van der Waals surface area contributed by atoms with E-state index < -0.39 is 20.2 Å². The number of carbonyl (C=O) groups is 1. The number of pyridine rings is 1. The molecule has 1 unspecified atom stereocenters. The van der Waals surface area contributed by atoms with Crippen molar-refractivity contribution in [1.82, 2.24) is 4.98 Å². The van der Waals surface area contributed by atoms with Gasteiger partial charge in [-0.2, -0.15) is 0 Å². The van der Waals surface area contributed by atoms with E-state index in [-0.39, 0.29) is 30.8 Å². The lowest BCUT2D eigenvalue weighted by atomic mass is 10.1. The van der Waals surface area contributed by atoms with Crippen molar-refractivity contribution in [2.75, 3.05) is 0 Å². The lowest BCUT2D eigenvalue weighted by molar-refractivity contribution is -0.170. The normalized spacial score (nSPS) is 15.4. The fourth-order valence-electron chi connectivity index (χ4n) is 3.40. The predicted octanol–water partition coefficient (Wildman–Crippen LogP) is 3.24. The Hall–Kier alpha value is -2.74. The SMILES string of the molecule is Cc1ncc(COc2ccccc2O[P+]([O-])=N[C@@H](C)C(=O)OC2CCCC2)c(CN)c1O. The number of benzene rings is 1. The second-order valence-corrected chi connectivity index (χ2v) is 8.49. The molecule has 0 bridgehead atoms. The second kappa shape index (κ2) is 11.2. The molecule has 10 heteroatoms. The maximum atomic E-state index is 12.4. The van der Waals surface area contributed by atoms with E-state index >= 15 is 0 Å². The Balaban J connectivity index is 1.65. The Morgan fingerprint density at radius 1 is 1.34 bits per heavy atom. The fourth-order valence-corrected chi connectivity index (χ4v) is 4.15. The summed E-state index contributed by atoms with van der Waals surface area (Å²) in [6, 6.07) is 5.78. The number of aryl methyl sites for hydroxylation is 1. The lowest BCUT2D eigenvalue weighted by Crippen LogP contribution is -2.23. The van der Waals surface area contributed by atoms with Gasteiger partial charge in [0, 0.05) is 23.9 Å². The molecule has 0 aliphatic heterocycles. The number of hydrogen-bond donors (Lipinski definition) is 2. The van der Waals surface area contributed by atoms with Crippen LogP contribution in [0.2, 0.25) is 0 Å². The van der Waals surface area contributed by atoms with E-state index in [1.807, 2.05) is 0 Å². The molecule has 32 heavy (non-hydrogen) atoms. The first-order chi connectivity index (χ1) is 15.4. The van der Waals surface area contributed by atoms with Crippen LogP contribution in [0.15, 0.2) is 35.2 Å². The van der Waals surface area contributed by atoms with Crippen LogP contribution in [0.25, 0.3) is 0 Å². The van der Waals surface area contributed by atoms with Crippen LogP contribution < -0.4 is 19.9 Å². The first kappa shape index (κ1) is 23.9. The van der Waals surface area contributed by atoms with Crippen LogP contribution in [0.1, 0.15) is 49.4 Å². The highest BCUT2D eigenvalue weighted by Gasteiger charge is 2.25. The molecule has 1 aromatic carbocycles. The van der Waals surface area contributed by atoms with E-state index in [0.29, 0.717) is 22.6 Å². The van der Waals surface area contributed by atoms with E-state index in [4.69, 9.17) is 19.7 Å². The number of rotatable bonds is 9. The van der Waals surface area contributed by atoms with E-state index in [1.165, 1.54) is 6.92 Å². The highest BCUT2D eigenvalue weighted by molar-refractivity contribution is 7.34. The summed E-state index contributed by atoms with van der Waals surface area (Å²) in [5.74, 6) is 0.0791. The van der Waals surface area contributed by atoms with Gasteiger partial charge in [0.05, 0.1) is 5.69 Å². The van der Waals surface area contributed by atoms with Crippen molar-refractivity contribution < 1.29 is 28.8 Å². The summed E-state index contributed by atoms with van der Waals surface area (Å²) in [5, 5.41) is 10.2. The van der Waals surface area contributed by atoms with Gasteiger partial charge in [-0.25, -0.2) is 4.79 Å². The topological polar surface area (TPSA) is 139 Å². The van der Waals surface area contributed by atoms with Gasteiger partial charge < -0.3 is 25.2 Å². The molecule has 2 atom stereocenters. The quantitative estimate of drug-likeness (QED) is 0.429. The summed E-state index contributed by atoms with van der Waals surface area (Å²) in [5.41, 5.74) is 7.41. The molecule has 1 aliphatic rings. The highest BCUT2D eigenvalue weighted by atomic mass is 31.1. The van der Waals surface area contributed by atoms with Gasteiger partial charge in [-0.05, 0) is 51.7 Å². The van der Waals surface area contributed by atoms with Gasteiger partial charge in [-0.1, -0.05) is 16.9 Å². The molecule has 172 valence electrons. The van der Waals surface area contributed by atoms with E-state index in [1.54, 1.807) is 37.4 Å². The molecule has 1 aromatic heterocycles. The first-order valence-electron chi connectivity index (χ1n) is 10.5. The molecule has 1 heterocycles. The van der Waals surface area contributed by atoms with Gasteiger partial charge in [0.1, 0.15) is 18.5 Å². The van der Waals surface area contributed by atoms with E-state index in [0.717, 1.165) is 25.7 Å². The van der Waals surface area contributed by atoms with Crippen molar-refractivity contribution in [2.24, 2.45) is 10.5 Å². The number of para-hydroxylation sites is 2. The maximum Gasteiger partial charge on any atom is 0.395 e. The third kappa shape index (κ3) is 6.16. The largest absolute Gasteiger partial charge is 0.575 e. The maximum absolute atomic E-state index is 12.4. The third-order valence-corrected chi connectivity index (χ3v) is 6.12. The fraction of sp³-hybridized carbons (Fsp3) is 0.455. The second-order valence-electron chi connectivity index (χ2n) is 7.60. The Bertz CT molecular complexity index is 978. The summed E-state index contributed by atoms with van der Waals surface area (Å²) in [6.07, 6.45) is 5.31. The number of aromatic nitrogens is 1. The zero-order valence-electron chi connectivity index (χ0n) is 18.2. The number of aromatic hydroxyl groups is 1. The van der Waals surface area contributed by atoms with Gasteiger partial charge in [0.25, 0.3) is 0 Å². The summed E-state index contributed by atoms with van der Waals surface area (Å²) >= 11 is 0. The molecule has 0 radical (unpaired) electrons. The molecule has 0 saturated heterocycles. The van der Waals surface area contributed by atoms with Crippen molar-refractivity contribution in [3.8, 4) is 17.2 Å². The number of hydrogen-bond acceptors (Lipinski definition) is 9. The average Bonchev–Trinajstić information content (AvgIpc) is 3.28. The lowest BCUT2D eigenvalue weighted by Gasteiger charge is -2.14. The summed E-state index contributed by atoms with van der Waals surface area (Å²) in [7, 11) is -2.52. The molecule has 9 nitrogen and oxygen atoms in total. The first-order valence-corrected chi connectivity index (χ1v) is 11.7. The van der Waals surface area contributed by atoms with Crippen LogP contribution in [0.4, 0.5) is 0 Å². The molecule has 1 fully saturated rings.